The number of amides is 1. The molecule has 0 fully saturated rings. The normalized spacial score (nSPS) is 10.8. The van der Waals surface area contributed by atoms with Crippen molar-refractivity contribution in [2.45, 2.75) is 27.0 Å². The maximum atomic E-state index is 12.6. The lowest BCUT2D eigenvalue weighted by atomic mass is 10.1. The number of hydrogen-bond donors (Lipinski definition) is 1. The molecule has 0 bridgehead atoms. The van der Waals surface area contributed by atoms with Gasteiger partial charge in [-0.1, -0.05) is 12.1 Å². The Kier molecular flexibility index (Phi) is 4.97. The van der Waals surface area contributed by atoms with Gasteiger partial charge in [0, 0.05) is 31.9 Å². The molecule has 0 aliphatic carbocycles. The van der Waals surface area contributed by atoms with Gasteiger partial charge in [0.05, 0.1) is 11.3 Å². The minimum absolute atomic E-state index is 0.175. The van der Waals surface area contributed by atoms with Crippen LogP contribution in [0.3, 0.4) is 0 Å². The van der Waals surface area contributed by atoms with E-state index in [0.29, 0.717) is 23.7 Å². The summed E-state index contributed by atoms with van der Waals surface area (Å²) in [6, 6.07) is 7.09. The number of aryl methyl sites for hydroxylation is 3. The molecule has 0 atom stereocenters. The number of carbonyl (C=O) groups is 1. The van der Waals surface area contributed by atoms with Crippen LogP contribution in [0.4, 0.5) is 0 Å². The first-order valence-corrected chi connectivity index (χ1v) is 8.17. The third-order valence-corrected chi connectivity index (χ3v) is 4.28. The number of aromatic nitrogens is 6. The first-order valence-electron chi connectivity index (χ1n) is 8.17. The molecule has 0 aliphatic heterocycles. The molecule has 3 rings (SSSR count). The van der Waals surface area contributed by atoms with E-state index in [0.717, 1.165) is 17.0 Å². The monoisotopic (exact) mass is 355 g/mol. The van der Waals surface area contributed by atoms with Crippen molar-refractivity contribution in [2.75, 3.05) is 0 Å². The number of tetrazole rings is 1. The van der Waals surface area contributed by atoms with E-state index < -0.39 is 0 Å². The van der Waals surface area contributed by atoms with Crippen LogP contribution in [0.5, 0.6) is 5.75 Å². The van der Waals surface area contributed by atoms with E-state index in [4.69, 9.17) is 4.74 Å². The predicted octanol–water partition coefficient (Wildman–Crippen LogP) is 1.07. The highest BCUT2D eigenvalue weighted by molar-refractivity contribution is 5.96. The topological polar surface area (TPSA) is 99.8 Å². The van der Waals surface area contributed by atoms with Crippen LogP contribution in [0.15, 0.2) is 24.3 Å². The zero-order chi connectivity index (χ0) is 18.7. The van der Waals surface area contributed by atoms with E-state index in [1.165, 1.54) is 4.68 Å². The smallest absolute Gasteiger partial charge is 0.255 e. The molecule has 9 nitrogen and oxygen atoms in total. The van der Waals surface area contributed by atoms with Gasteiger partial charge in [0.25, 0.3) is 5.91 Å². The summed E-state index contributed by atoms with van der Waals surface area (Å²) >= 11 is 0. The maximum absolute atomic E-state index is 12.6. The molecule has 1 amide bonds. The molecule has 2 heterocycles. The molecule has 9 heteroatoms. The number of ether oxygens (including phenoxy) is 1. The van der Waals surface area contributed by atoms with Crippen LogP contribution in [0.25, 0.3) is 0 Å². The van der Waals surface area contributed by atoms with E-state index in [1.54, 1.807) is 25.2 Å². The number of carbonyl (C=O) groups excluding carboxylic acids is 1. The molecule has 2 aromatic heterocycles. The van der Waals surface area contributed by atoms with Gasteiger partial charge in [-0.15, -0.1) is 5.10 Å². The second-order valence-corrected chi connectivity index (χ2v) is 5.96. The van der Waals surface area contributed by atoms with Crippen molar-refractivity contribution in [3.05, 3.63) is 52.6 Å². The number of nitrogens with zero attached hydrogens (tertiary/aromatic N) is 6. The summed E-state index contributed by atoms with van der Waals surface area (Å²) in [4.78, 5) is 12.6. The fourth-order valence-corrected chi connectivity index (χ4v) is 2.63. The highest BCUT2D eigenvalue weighted by atomic mass is 16.5. The van der Waals surface area contributed by atoms with Crippen LogP contribution >= 0.6 is 0 Å². The summed E-state index contributed by atoms with van der Waals surface area (Å²) in [5.41, 5.74) is 3.41. The van der Waals surface area contributed by atoms with E-state index in [1.807, 2.05) is 31.6 Å². The molecular weight excluding hydrogens is 334 g/mol. The van der Waals surface area contributed by atoms with Crippen molar-refractivity contribution < 1.29 is 9.53 Å². The summed E-state index contributed by atoms with van der Waals surface area (Å²) < 4.78 is 9.08. The van der Waals surface area contributed by atoms with E-state index >= 15 is 0 Å². The molecule has 1 N–H and O–H groups in total. The minimum Gasteiger partial charge on any atom is -0.485 e. The first kappa shape index (κ1) is 17.6. The Labute approximate surface area is 151 Å². The third kappa shape index (κ3) is 3.56. The Hall–Kier alpha value is -3.23. The largest absolute Gasteiger partial charge is 0.485 e. The van der Waals surface area contributed by atoms with Crippen molar-refractivity contribution in [1.82, 2.24) is 35.3 Å². The quantitative estimate of drug-likeness (QED) is 0.710. The van der Waals surface area contributed by atoms with Crippen LogP contribution < -0.4 is 10.1 Å². The van der Waals surface area contributed by atoms with Crippen LogP contribution in [0.1, 0.15) is 33.1 Å². The molecule has 136 valence electrons. The highest BCUT2D eigenvalue weighted by Crippen LogP contribution is 2.19. The van der Waals surface area contributed by atoms with Gasteiger partial charge in [-0.25, -0.2) is 4.68 Å². The summed E-state index contributed by atoms with van der Waals surface area (Å²) in [5.74, 6) is 0.841. The summed E-state index contributed by atoms with van der Waals surface area (Å²) in [7, 11) is 3.62. The zero-order valence-corrected chi connectivity index (χ0v) is 15.2. The van der Waals surface area contributed by atoms with Crippen LogP contribution in [0, 0.1) is 13.8 Å². The maximum Gasteiger partial charge on any atom is 0.255 e. The standard InChI is InChI=1S/C17H21N7O2/c1-11-14(12(2)23(3)20-11)9-18-17(25)13-7-5-6-8-15(13)26-10-16-19-21-22-24(16)4/h5-8H,9-10H2,1-4H3,(H,18,25). The molecule has 0 unspecified atom stereocenters. The SMILES string of the molecule is Cc1nn(C)c(C)c1CNC(=O)c1ccccc1OCc1nnnn1C. The van der Waals surface area contributed by atoms with Crippen LogP contribution in [0.2, 0.25) is 0 Å². The van der Waals surface area contributed by atoms with Gasteiger partial charge in [-0.3, -0.25) is 9.48 Å². The lowest BCUT2D eigenvalue weighted by molar-refractivity contribution is 0.0946. The third-order valence-electron chi connectivity index (χ3n) is 4.28. The summed E-state index contributed by atoms with van der Waals surface area (Å²) in [5, 5.41) is 18.5. The van der Waals surface area contributed by atoms with Crippen molar-refractivity contribution in [1.29, 1.82) is 0 Å². The number of nitrogens with one attached hydrogen (secondary N) is 1. The number of hydrogen-bond acceptors (Lipinski definition) is 6. The Balaban J connectivity index is 1.70. The van der Waals surface area contributed by atoms with Gasteiger partial charge < -0.3 is 10.1 Å². The molecule has 0 saturated carbocycles. The molecule has 0 saturated heterocycles. The van der Waals surface area contributed by atoms with Crippen molar-refractivity contribution in [2.24, 2.45) is 14.1 Å². The Bertz CT molecular complexity index is 929. The van der Waals surface area contributed by atoms with Crippen molar-refractivity contribution >= 4 is 5.91 Å². The van der Waals surface area contributed by atoms with Gasteiger partial charge >= 0.3 is 0 Å². The Morgan fingerprint density at radius 3 is 2.62 bits per heavy atom. The lowest BCUT2D eigenvalue weighted by Gasteiger charge is -2.11. The van der Waals surface area contributed by atoms with Gasteiger partial charge in [0.15, 0.2) is 5.82 Å². The van der Waals surface area contributed by atoms with Gasteiger partial charge in [0.1, 0.15) is 12.4 Å². The average molecular weight is 355 g/mol. The minimum atomic E-state index is -0.209. The van der Waals surface area contributed by atoms with Gasteiger partial charge in [-0.05, 0) is 36.4 Å². The molecule has 1 aromatic carbocycles. The first-order chi connectivity index (χ1) is 12.5. The Morgan fingerprint density at radius 1 is 1.19 bits per heavy atom. The number of rotatable bonds is 6. The molecule has 0 spiro atoms. The molecular formula is C17H21N7O2. The van der Waals surface area contributed by atoms with Crippen LogP contribution in [-0.2, 0) is 27.2 Å². The zero-order valence-electron chi connectivity index (χ0n) is 15.2. The van der Waals surface area contributed by atoms with Gasteiger partial charge in [0.2, 0.25) is 0 Å². The predicted molar refractivity (Wildman–Crippen MR) is 93.4 cm³/mol. The molecule has 3 aromatic rings. The van der Waals surface area contributed by atoms with Crippen LogP contribution in [-0.4, -0.2) is 35.9 Å². The van der Waals surface area contributed by atoms with Crippen molar-refractivity contribution in [3.63, 3.8) is 0 Å². The number of benzene rings is 1. The average Bonchev–Trinajstić information content (AvgIpc) is 3.14. The van der Waals surface area contributed by atoms with Gasteiger partial charge in [-0.2, -0.15) is 5.10 Å². The van der Waals surface area contributed by atoms with Crippen molar-refractivity contribution in [3.8, 4) is 5.75 Å². The molecule has 26 heavy (non-hydrogen) atoms. The number of para-hydroxylation sites is 1. The summed E-state index contributed by atoms with van der Waals surface area (Å²) in [6.45, 7) is 4.49. The fraction of sp³-hybridized carbons (Fsp3) is 0.353. The highest BCUT2D eigenvalue weighted by Gasteiger charge is 2.15. The summed E-state index contributed by atoms with van der Waals surface area (Å²) in [6.07, 6.45) is 0. The fourth-order valence-electron chi connectivity index (χ4n) is 2.63. The lowest BCUT2D eigenvalue weighted by Crippen LogP contribution is -2.24. The van der Waals surface area contributed by atoms with E-state index in [-0.39, 0.29) is 12.5 Å². The Morgan fingerprint density at radius 2 is 1.96 bits per heavy atom. The molecule has 0 aliphatic rings. The van der Waals surface area contributed by atoms with E-state index in [2.05, 4.69) is 25.9 Å². The molecule has 0 radical (unpaired) electrons. The second-order valence-electron chi connectivity index (χ2n) is 5.96. The second kappa shape index (κ2) is 7.34. The van der Waals surface area contributed by atoms with E-state index in [9.17, 15) is 4.79 Å².